The van der Waals surface area contributed by atoms with E-state index in [1.54, 1.807) is 13.0 Å². The average molecular weight is 339 g/mol. The second-order valence-corrected chi connectivity index (χ2v) is 4.53. The molecule has 0 saturated heterocycles. The van der Waals surface area contributed by atoms with E-state index in [1.165, 1.54) is 6.33 Å². The quantitative estimate of drug-likeness (QED) is 0.664. The number of para-hydroxylation sites is 1. The first-order chi connectivity index (χ1) is 9.63. The van der Waals surface area contributed by atoms with Crippen LogP contribution in [0.15, 0.2) is 35.1 Å². The van der Waals surface area contributed by atoms with Crippen molar-refractivity contribution < 1.29 is 9.66 Å². The number of halogens is 1. The minimum absolute atomic E-state index is 0.0537. The Bertz CT molecular complexity index is 636. The molecule has 0 radical (unpaired) electrons. The van der Waals surface area contributed by atoms with Crippen molar-refractivity contribution in [2.45, 2.75) is 6.92 Å². The molecule has 0 fully saturated rings. The molecule has 0 aliphatic carbocycles. The van der Waals surface area contributed by atoms with Crippen molar-refractivity contribution in [3.63, 3.8) is 0 Å². The predicted octanol–water partition coefficient (Wildman–Crippen LogP) is 3.29. The fourth-order valence-electron chi connectivity index (χ4n) is 1.55. The molecule has 0 spiro atoms. The van der Waals surface area contributed by atoms with Crippen LogP contribution < -0.4 is 10.1 Å². The zero-order chi connectivity index (χ0) is 14.5. The van der Waals surface area contributed by atoms with Gasteiger partial charge >= 0.3 is 5.69 Å². The topological polar surface area (TPSA) is 90.2 Å². The molecule has 1 aromatic carbocycles. The van der Waals surface area contributed by atoms with E-state index in [0.717, 1.165) is 4.47 Å². The Hall–Kier alpha value is -2.22. The third-order valence-electron chi connectivity index (χ3n) is 2.38. The first-order valence-electron chi connectivity index (χ1n) is 5.77. The van der Waals surface area contributed by atoms with E-state index in [-0.39, 0.29) is 24.0 Å². The molecule has 2 aromatic rings. The second-order valence-electron chi connectivity index (χ2n) is 3.67. The summed E-state index contributed by atoms with van der Waals surface area (Å²) in [7, 11) is 0. The molecule has 2 rings (SSSR count). The van der Waals surface area contributed by atoms with Gasteiger partial charge in [0, 0.05) is 4.47 Å². The minimum atomic E-state index is -0.565. The van der Waals surface area contributed by atoms with E-state index in [0.29, 0.717) is 5.69 Å². The molecule has 7 nitrogen and oxygen atoms in total. The van der Waals surface area contributed by atoms with Gasteiger partial charge in [-0.05, 0) is 35.0 Å². The largest absolute Gasteiger partial charge is 0.473 e. The lowest BCUT2D eigenvalue weighted by Crippen LogP contribution is -2.05. The van der Waals surface area contributed by atoms with Crippen LogP contribution in [0.3, 0.4) is 0 Å². The molecule has 0 atom stereocenters. The van der Waals surface area contributed by atoms with E-state index in [2.05, 4.69) is 31.2 Å². The van der Waals surface area contributed by atoms with Gasteiger partial charge in [-0.15, -0.1) is 0 Å². The van der Waals surface area contributed by atoms with Gasteiger partial charge in [-0.1, -0.05) is 12.1 Å². The second kappa shape index (κ2) is 6.29. The fourth-order valence-corrected chi connectivity index (χ4v) is 1.94. The van der Waals surface area contributed by atoms with Crippen molar-refractivity contribution >= 4 is 33.1 Å². The molecule has 0 unspecified atom stereocenters. The van der Waals surface area contributed by atoms with Gasteiger partial charge in [0.15, 0.2) is 0 Å². The number of aromatic nitrogens is 2. The third kappa shape index (κ3) is 3.02. The molecule has 0 bridgehead atoms. The van der Waals surface area contributed by atoms with Gasteiger partial charge in [-0.25, -0.2) is 4.98 Å². The van der Waals surface area contributed by atoms with Crippen LogP contribution in [0.25, 0.3) is 0 Å². The summed E-state index contributed by atoms with van der Waals surface area (Å²) in [6.07, 6.45) is 1.22. The van der Waals surface area contributed by atoms with Gasteiger partial charge in [0.2, 0.25) is 5.82 Å². The van der Waals surface area contributed by atoms with E-state index in [1.807, 2.05) is 18.2 Å². The lowest BCUT2D eigenvalue weighted by atomic mass is 10.3. The van der Waals surface area contributed by atoms with Crippen LogP contribution >= 0.6 is 15.9 Å². The van der Waals surface area contributed by atoms with Crippen molar-refractivity contribution in [2.75, 3.05) is 11.9 Å². The lowest BCUT2D eigenvalue weighted by Gasteiger charge is -2.09. The smallest absolute Gasteiger partial charge is 0.373 e. The van der Waals surface area contributed by atoms with Gasteiger partial charge in [-0.3, -0.25) is 10.1 Å². The van der Waals surface area contributed by atoms with Crippen molar-refractivity contribution in [1.29, 1.82) is 0 Å². The minimum Gasteiger partial charge on any atom is -0.473 e. The molecule has 1 aromatic heterocycles. The Morgan fingerprint density at radius 3 is 2.80 bits per heavy atom. The van der Waals surface area contributed by atoms with Crippen molar-refractivity contribution in [3.05, 3.63) is 45.2 Å². The zero-order valence-corrected chi connectivity index (χ0v) is 12.1. The van der Waals surface area contributed by atoms with Crippen LogP contribution in [-0.2, 0) is 0 Å². The normalized spacial score (nSPS) is 10.1. The summed E-state index contributed by atoms with van der Waals surface area (Å²) >= 11 is 3.36. The number of benzene rings is 1. The number of hydrogen-bond acceptors (Lipinski definition) is 6. The summed E-state index contributed by atoms with van der Waals surface area (Å²) in [4.78, 5) is 18.3. The molecule has 1 N–H and O–H groups in total. The Balaban J connectivity index is 2.44. The lowest BCUT2D eigenvalue weighted by molar-refractivity contribution is -0.385. The molecule has 0 aliphatic heterocycles. The number of ether oxygens (including phenoxy) is 1. The Morgan fingerprint density at radius 2 is 2.15 bits per heavy atom. The number of hydrogen-bond donors (Lipinski definition) is 1. The summed E-state index contributed by atoms with van der Waals surface area (Å²) in [5.74, 6) is 0.0300. The Labute approximate surface area is 123 Å². The highest BCUT2D eigenvalue weighted by Crippen LogP contribution is 2.34. The summed E-state index contributed by atoms with van der Waals surface area (Å²) < 4.78 is 5.93. The third-order valence-corrected chi connectivity index (χ3v) is 3.07. The first kappa shape index (κ1) is 14.2. The number of rotatable bonds is 5. The zero-order valence-electron chi connectivity index (χ0n) is 10.5. The van der Waals surface area contributed by atoms with E-state index in [9.17, 15) is 10.1 Å². The number of nitrogens with zero attached hydrogens (tertiary/aromatic N) is 3. The summed E-state index contributed by atoms with van der Waals surface area (Å²) in [5.41, 5.74) is 0.377. The van der Waals surface area contributed by atoms with Crippen LogP contribution in [0.5, 0.6) is 5.88 Å². The molecule has 104 valence electrons. The summed E-state index contributed by atoms with van der Waals surface area (Å²) in [5, 5.41) is 14.1. The van der Waals surface area contributed by atoms with Crippen molar-refractivity contribution in [3.8, 4) is 5.88 Å². The highest BCUT2D eigenvalue weighted by Gasteiger charge is 2.24. The maximum absolute atomic E-state index is 11.2. The van der Waals surface area contributed by atoms with Crippen LogP contribution in [0, 0.1) is 10.1 Å². The van der Waals surface area contributed by atoms with Crippen LogP contribution in [0.4, 0.5) is 17.2 Å². The SMILES string of the molecule is CCOc1ncnc(Nc2ccccc2Br)c1[N+](=O)[O-]. The fraction of sp³-hybridized carbons (Fsp3) is 0.167. The molecule has 20 heavy (non-hydrogen) atoms. The standard InChI is InChI=1S/C12H11BrN4O3/c1-2-20-12-10(17(18)19)11(14-7-15-12)16-9-6-4-3-5-8(9)13/h3-7H,2H2,1H3,(H,14,15,16). The average Bonchev–Trinajstić information content (AvgIpc) is 2.41. The maximum atomic E-state index is 11.2. The van der Waals surface area contributed by atoms with Crippen LogP contribution in [-0.4, -0.2) is 21.5 Å². The molecule has 0 amide bonds. The molecular formula is C12H11BrN4O3. The maximum Gasteiger partial charge on any atom is 0.373 e. The van der Waals surface area contributed by atoms with Gasteiger partial charge in [0.1, 0.15) is 6.33 Å². The molecule has 8 heteroatoms. The van der Waals surface area contributed by atoms with Gasteiger partial charge in [0.05, 0.1) is 17.2 Å². The highest BCUT2D eigenvalue weighted by atomic mass is 79.9. The first-order valence-corrected chi connectivity index (χ1v) is 6.56. The molecule has 1 heterocycles. The Morgan fingerprint density at radius 1 is 1.40 bits per heavy atom. The monoisotopic (exact) mass is 338 g/mol. The van der Waals surface area contributed by atoms with Gasteiger partial charge < -0.3 is 10.1 Å². The van der Waals surface area contributed by atoms with Gasteiger partial charge in [-0.2, -0.15) is 4.98 Å². The molecule has 0 saturated carbocycles. The number of anilines is 2. The van der Waals surface area contributed by atoms with E-state index in [4.69, 9.17) is 4.74 Å². The number of nitro groups is 1. The van der Waals surface area contributed by atoms with Crippen LogP contribution in [0.2, 0.25) is 0 Å². The van der Waals surface area contributed by atoms with E-state index < -0.39 is 4.92 Å². The van der Waals surface area contributed by atoms with Crippen molar-refractivity contribution in [1.82, 2.24) is 9.97 Å². The van der Waals surface area contributed by atoms with Crippen molar-refractivity contribution in [2.24, 2.45) is 0 Å². The van der Waals surface area contributed by atoms with E-state index >= 15 is 0 Å². The highest BCUT2D eigenvalue weighted by molar-refractivity contribution is 9.10. The Kier molecular flexibility index (Phi) is 4.46. The molecular weight excluding hydrogens is 328 g/mol. The molecule has 0 aliphatic rings. The number of nitrogens with one attached hydrogen (secondary N) is 1. The van der Waals surface area contributed by atoms with Gasteiger partial charge in [0.25, 0.3) is 5.88 Å². The summed E-state index contributed by atoms with van der Waals surface area (Å²) in [6.45, 7) is 2.01. The van der Waals surface area contributed by atoms with Crippen LogP contribution in [0.1, 0.15) is 6.92 Å². The predicted molar refractivity (Wildman–Crippen MR) is 77.3 cm³/mol. The summed E-state index contributed by atoms with van der Waals surface area (Å²) in [6, 6.07) is 7.24.